The quantitative estimate of drug-likeness (QED) is 0.312. The molecule has 0 aromatic carbocycles. The van der Waals surface area contributed by atoms with Crippen molar-refractivity contribution in [2.45, 2.75) is 18.9 Å². The predicted molar refractivity (Wildman–Crippen MR) is 80.0 cm³/mol. The molecule has 2 aliphatic rings. The van der Waals surface area contributed by atoms with Crippen molar-refractivity contribution in [3.8, 4) is 0 Å². The molecule has 20 heavy (non-hydrogen) atoms. The van der Waals surface area contributed by atoms with Crippen molar-refractivity contribution in [1.82, 2.24) is 9.80 Å². The van der Waals surface area contributed by atoms with Crippen LogP contribution < -0.4 is 0 Å². The molecule has 1 atom stereocenters. The van der Waals surface area contributed by atoms with Crippen LogP contribution in [0.15, 0.2) is 5.16 Å². The molecule has 0 aromatic heterocycles. The normalized spacial score (nSPS) is 24.4. The van der Waals surface area contributed by atoms with Crippen LogP contribution >= 0.6 is 11.8 Å². The van der Waals surface area contributed by atoms with Crippen molar-refractivity contribution in [1.29, 1.82) is 0 Å². The minimum atomic E-state index is -0.189. The van der Waals surface area contributed by atoms with E-state index in [1.807, 2.05) is 11.2 Å². The second kappa shape index (κ2) is 8.49. The molecule has 2 heterocycles. The second-order valence-corrected chi connectivity index (χ2v) is 5.63. The molecule has 0 spiro atoms. The fourth-order valence-electron chi connectivity index (χ4n) is 2.46. The van der Waals surface area contributed by atoms with Gasteiger partial charge in [-0.1, -0.05) is 5.16 Å². The van der Waals surface area contributed by atoms with Gasteiger partial charge in [0.2, 0.25) is 0 Å². The van der Waals surface area contributed by atoms with Gasteiger partial charge >= 0.3 is 0 Å². The van der Waals surface area contributed by atoms with Crippen LogP contribution in [0.4, 0.5) is 0 Å². The van der Waals surface area contributed by atoms with Gasteiger partial charge in [0.1, 0.15) is 12.7 Å². The third kappa shape index (κ3) is 4.64. The maximum absolute atomic E-state index is 12.2. The van der Waals surface area contributed by atoms with Gasteiger partial charge in [-0.25, -0.2) is 0 Å². The van der Waals surface area contributed by atoms with E-state index in [1.165, 1.54) is 11.8 Å². The van der Waals surface area contributed by atoms with Gasteiger partial charge < -0.3 is 14.5 Å². The minimum absolute atomic E-state index is 0.169. The Morgan fingerprint density at radius 2 is 2.25 bits per heavy atom. The molecule has 2 aliphatic heterocycles. The summed E-state index contributed by atoms with van der Waals surface area (Å²) < 4.78 is 5.45. The fraction of sp³-hybridized carbons (Fsp3) is 0.846. The maximum atomic E-state index is 12.2. The molecule has 1 amide bonds. The van der Waals surface area contributed by atoms with E-state index in [9.17, 15) is 4.79 Å². The average Bonchev–Trinajstić information content (AvgIpc) is 3.01. The molecule has 1 unspecified atom stereocenters. The Morgan fingerprint density at radius 1 is 1.45 bits per heavy atom. The zero-order valence-corrected chi connectivity index (χ0v) is 12.8. The number of carbonyl (C=O) groups is 1. The van der Waals surface area contributed by atoms with Gasteiger partial charge in [-0.3, -0.25) is 9.69 Å². The van der Waals surface area contributed by atoms with Crippen molar-refractivity contribution < 1.29 is 14.4 Å². The summed E-state index contributed by atoms with van der Waals surface area (Å²) in [5, 5.41) is 3.80. The molecule has 2 fully saturated rings. The lowest BCUT2D eigenvalue weighted by atomic mass is 10.2. The molecule has 7 heteroatoms. The second-order valence-electron chi connectivity index (χ2n) is 4.95. The SMILES string of the molecule is CS/C=N/OCCN1CCN(C(=O)C2CCCO2)CC1. The van der Waals surface area contributed by atoms with E-state index in [0.717, 1.165) is 52.2 Å². The number of piperazine rings is 1. The van der Waals surface area contributed by atoms with Crippen molar-refractivity contribution in [2.24, 2.45) is 5.16 Å². The zero-order chi connectivity index (χ0) is 14.2. The average molecular weight is 301 g/mol. The highest BCUT2D eigenvalue weighted by Crippen LogP contribution is 2.15. The summed E-state index contributed by atoms with van der Waals surface area (Å²) in [6, 6.07) is 0. The van der Waals surface area contributed by atoms with Gasteiger partial charge in [-0.15, -0.1) is 11.8 Å². The molecule has 0 saturated carbocycles. The number of thioether (sulfide) groups is 1. The summed E-state index contributed by atoms with van der Waals surface area (Å²) in [6.07, 6.45) is 3.63. The molecule has 0 N–H and O–H groups in total. The van der Waals surface area contributed by atoms with E-state index in [0.29, 0.717) is 6.61 Å². The number of nitrogens with zero attached hydrogens (tertiary/aromatic N) is 3. The lowest BCUT2D eigenvalue weighted by Crippen LogP contribution is -2.51. The predicted octanol–water partition coefficient (Wildman–Crippen LogP) is 0.632. The van der Waals surface area contributed by atoms with E-state index < -0.39 is 0 Å². The van der Waals surface area contributed by atoms with Crippen molar-refractivity contribution in [2.75, 3.05) is 52.2 Å². The Morgan fingerprint density at radius 3 is 2.90 bits per heavy atom. The van der Waals surface area contributed by atoms with Crippen LogP contribution in [0, 0.1) is 0 Å². The first-order valence-electron chi connectivity index (χ1n) is 7.10. The zero-order valence-electron chi connectivity index (χ0n) is 12.0. The van der Waals surface area contributed by atoms with Gasteiger partial charge in [-0.2, -0.15) is 0 Å². The summed E-state index contributed by atoms with van der Waals surface area (Å²) >= 11 is 1.52. The smallest absolute Gasteiger partial charge is 0.251 e. The lowest BCUT2D eigenvalue weighted by molar-refractivity contribution is -0.142. The molecule has 0 aliphatic carbocycles. The number of ether oxygens (including phenoxy) is 1. The standard InChI is InChI=1S/C13H23N3O3S/c1-20-11-14-19-10-8-15-4-6-16(7-5-15)13(17)12-3-2-9-18-12/h11-12H,2-10H2,1H3/b14-11+. The monoisotopic (exact) mass is 301 g/mol. The molecular weight excluding hydrogens is 278 g/mol. The number of hydrogen-bond acceptors (Lipinski definition) is 6. The fourth-order valence-corrected chi connectivity index (χ4v) is 2.61. The number of oxime groups is 1. The maximum Gasteiger partial charge on any atom is 0.251 e. The number of rotatable bonds is 6. The molecule has 0 bridgehead atoms. The molecule has 2 saturated heterocycles. The summed E-state index contributed by atoms with van der Waals surface area (Å²) in [5.41, 5.74) is 1.68. The Hall–Kier alpha value is -0.790. The third-order valence-electron chi connectivity index (χ3n) is 3.61. The van der Waals surface area contributed by atoms with Crippen LogP contribution in [0.25, 0.3) is 0 Å². The molecule has 6 nitrogen and oxygen atoms in total. The Labute approximate surface area is 124 Å². The highest BCUT2D eigenvalue weighted by molar-refractivity contribution is 8.11. The van der Waals surface area contributed by atoms with Gasteiger partial charge in [-0.05, 0) is 19.1 Å². The van der Waals surface area contributed by atoms with E-state index in [-0.39, 0.29) is 12.0 Å². The lowest BCUT2D eigenvalue weighted by Gasteiger charge is -2.35. The van der Waals surface area contributed by atoms with Gasteiger partial charge in [0.25, 0.3) is 5.91 Å². The van der Waals surface area contributed by atoms with E-state index in [2.05, 4.69) is 10.1 Å². The Kier molecular flexibility index (Phi) is 6.62. The first-order chi connectivity index (χ1) is 9.81. The Bertz CT molecular complexity index is 327. The highest BCUT2D eigenvalue weighted by Gasteiger charge is 2.30. The van der Waals surface area contributed by atoms with Crippen LogP contribution in [-0.4, -0.2) is 79.6 Å². The van der Waals surface area contributed by atoms with Gasteiger partial charge in [0.15, 0.2) is 0 Å². The third-order valence-corrected chi connectivity index (χ3v) is 3.91. The molecule has 0 radical (unpaired) electrons. The Balaban J connectivity index is 1.62. The molecular formula is C13H23N3O3S. The number of hydrogen-bond donors (Lipinski definition) is 0. The van der Waals surface area contributed by atoms with Crippen LogP contribution in [0.3, 0.4) is 0 Å². The van der Waals surface area contributed by atoms with Crippen molar-refractivity contribution in [3.63, 3.8) is 0 Å². The van der Waals surface area contributed by atoms with Crippen molar-refractivity contribution >= 4 is 23.2 Å². The number of carbonyl (C=O) groups excluding carboxylic acids is 1. The minimum Gasteiger partial charge on any atom is -0.394 e. The van der Waals surface area contributed by atoms with Crippen molar-refractivity contribution in [3.05, 3.63) is 0 Å². The van der Waals surface area contributed by atoms with Crippen LogP contribution in [0.2, 0.25) is 0 Å². The van der Waals surface area contributed by atoms with E-state index in [1.54, 1.807) is 5.55 Å². The van der Waals surface area contributed by atoms with Gasteiger partial charge in [0, 0.05) is 39.3 Å². The van der Waals surface area contributed by atoms with Gasteiger partial charge in [0.05, 0.1) is 5.55 Å². The summed E-state index contributed by atoms with van der Waals surface area (Å²) in [7, 11) is 0. The molecule has 0 aromatic rings. The summed E-state index contributed by atoms with van der Waals surface area (Å²) in [4.78, 5) is 21.5. The number of amides is 1. The molecule has 2 rings (SSSR count). The highest BCUT2D eigenvalue weighted by atomic mass is 32.2. The van der Waals surface area contributed by atoms with Crippen LogP contribution in [-0.2, 0) is 14.4 Å². The first-order valence-corrected chi connectivity index (χ1v) is 8.39. The first kappa shape index (κ1) is 15.6. The topological polar surface area (TPSA) is 54.4 Å². The largest absolute Gasteiger partial charge is 0.394 e. The summed E-state index contributed by atoms with van der Waals surface area (Å²) in [5.74, 6) is 0.169. The van der Waals surface area contributed by atoms with Crippen LogP contribution in [0.1, 0.15) is 12.8 Å². The van der Waals surface area contributed by atoms with Crippen LogP contribution in [0.5, 0.6) is 0 Å². The van der Waals surface area contributed by atoms with E-state index in [4.69, 9.17) is 9.57 Å². The van der Waals surface area contributed by atoms with E-state index >= 15 is 0 Å². The summed E-state index contributed by atoms with van der Waals surface area (Å²) in [6.45, 7) is 5.54. The molecule has 114 valence electrons.